The zero-order valence-electron chi connectivity index (χ0n) is 46.9. The summed E-state index contributed by atoms with van der Waals surface area (Å²) in [6.07, 6.45) is 1.94. The van der Waals surface area contributed by atoms with Gasteiger partial charge in [0.15, 0.2) is 0 Å². The van der Waals surface area contributed by atoms with Gasteiger partial charge in [0.25, 0.3) is 0 Å². The molecule has 0 fully saturated rings. The van der Waals surface area contributed by atoms with Crippen molar-refractivity contribution in [2.24, 2.45) is 0 Å². The van der Waals surface area contributed by atoms with Crippen molar-refractivity contribution in [3.8, 4) is 50.9 Å². The van der Waals surface area contributed by atoms with Gasteiger partial charge in [-0.05, 0) is 23.1 Å². The number of benzene rings is 9. The van der Waals surface area contributed by atoms with Gasteiger partial charge in [0.05, 0.1) is 16.6 Å². The number of aryl methyl sites for hydroxylation is 1. The van der Waals surface area contributed by atoms with E-state index in [1.54, 1.807) is 0 Å². The first-order valence-corrected chi connectivity index (χ1v) is 28.8. The molecule has 0 amide bonds. The van der Waals surface area contributed by atoms with Crippen molar-refractivity contribution >= 4 is 70.9 Å². The van der Waals surface area contributed by atoms with Crippen LogP contribution in [-0.4, -0.2) is 23.1 Å². The average Bonchev–Trinajstić information content (AvgIpc) is 4.27. The van der Waals surface area contributed by atoms with Crippen LogP contribution < -0.4 is 4.74 Å². The van der Waals surface area contributed by atoms with Crippen LogP contribution in [0.3, 0.4) is 0 Å². The number of pyridine rings is 1. The Morgan fingerprint density at radius 2 is 1.06 bits per heavy atom. The number of imidazole rings is 1. The fraction of sp³-hybridized carbons (Fsp3) is 0.178. The van der Waals surface area contributed by atoms with E-state index in [0.717, 1.165) is 76.0 Å². The molecule has 14 aromatic rings. The van der Waals surface area contributed by atoms with Crippen LogP contribution in [0.15, 0.2) is 188 Å². The van der Waals surface area contributed by atoms with E-state index in [9.17, 15) is 0 Å². The van der Waals surface area contributed by atoms with Crippen molar-refractivity contribution in [2.75, 3.05) is 0 Å². The Hall–Kier alpha value is -8.31. The maximum absolute atomic E-state index is 7.05. The average molecular weight is 1220 g/mol. The number of para-hydroxylation sites is 5. The van der Waals surface area contributed by atoms with Crippen molar-refractivity contribution < 1.29 is 24.1 Å². The predicted molar refractivity (Wildman–Crippen MR) is 329 cm³/mol. The van der Waals surface area contributed by atoms with Crippen molar-refractivity contribution in [1.82, 2.24) is 23.1 Å². The van der Waals surface area contributed by atoms with Crippen molar-refractivity contribution in [3.63, 3.8) is 0 Å². The smallest absolute Gasteiger partial charge is 0.0561 e. The Labute approximate surface area is 477 Å². The number of fused-ring (bicyclic) bond motifs is 10. The molecule has 5 aromatic heterocycles. The molecular formula is C73H61N5OPt-2. The molecule has 14 rings (SSSR count). The zero-order valence-corrected chi connectivity index (χ0v) is 49.1. The summed E-state index contributed by atoms with van der Waals surface area (Å²) in [6.45, 7) is 22.7. The van der Waals surface area contributed by atoms with Gasteiger partial charge in [-0.2, -0.15) is 0 Å². The maximum atomic E-state index is 7.05. The van der Waals surface area contributed by atoms with E-state index in [1.165, 1.54) is 60.4 Å². The van der Waals surface area contributed by atoms with E-state index in [4.69, 9.17) is 9.72 Å². The minimum Gasteiger partial charge on any atom is -0.0561 e. The van der Waals surface area contributed by atoms with Crippen LogP contribution >= 0.6 is 0 Å². The molecule has 0 saturated carbocycles. The molecule has 0 aliphatic rings. The number of rotatable bonds is 7. The van der Waals surface area contributed by atoms with Crippen LogP contribution in [0, 0.1) is 22.9 Å². The Kier molecular flexibility index (Phi) is 11.3. The normalized spacial score (nSPS) is 12.7. The molecule has 0 aliphatic heterocycles. The fourth-order valence-electron chi connectivity index (χ4n) is 12.1. The monoisotopic (exact) mass is 1220 g/mol. The number of nitrogens with zero attached hydrogens (tertiary/aromatic N) is 5. The summed E-state index contributed by atoms with van der Waals surface area (Å²) in [7, 11) is 0. The number of hydrogen-bond acceptors (Lipinski definition) is 2. The van der Waals surface area contributed by atoms with Crippen LogP contribution in [0.2, 0.25) is 0 Å². The molecule has 7 heteroatoms. The third kappa shape index (κ3) is 7.92. The first-order valence-electron chi connectivity index (χ1n) is 27.7. The molecule has 9 aromatic carbocycles. The molecule has 5 heterocycles. The number of aromatic nitrogens is 5. The molecule has 396 valence electrons. The quantitative estimate of drug-likeness (QED) is 0.149. The van der Waals surface area contributed by atoms with Crippen LogP contribution in [0.4, 0.5) is 0 Å². The van der Waals surface area contributed by atoms with E-state index >= 15 is 0 Å². The fourth-order valence-corrected chi connectivity index (χ4v) is 13.2. The van der Waals surface area contributed by atoms with E-state index in [-0.39, 0.29) is 16.2 Å². The summed E-state index contributed by atoms with van der Waals surface area (Å²) >= 11 is 2.53. The van der Waals surface area contributed by atoms with Gasteiger partial charge in [-0.15, -0.1) is 0 Å². The molecule has 80 heavy (non-hydrogen) atoms. The van der Waals surface area contributed by atoms with Gasteiger partial charge in [-0.3, -0.25) is 0 Å². The summed E-state index contributed by atoms with van der Waals surface area (Å²) in [5.74, 6) is 2.06. The second-order valence-electron chi connectivity index (χ2n) is 24.7. The summed E-state index contributed by atoms with van der Waals surface area (Å²) in [5.41, 5.74) is 19.0. The second kappa shape index (κ2) is 18.1. The molecule has 0 spiro atoms. The molecule has 0 bridgehead atoms. The van der Waals surface area contributed by atoms with Gasteiger partial charge in [0.1, 0.15) is 0 Å². The predicted octanol–water partition coefficient (Wildman–Crippen LogP) is 19.1. The van der Waals surface area contributed by atoms with Crippen LogP contribution in [0.25, 0.3) is 110 Å². The molecule has 0 atom stereocenters. The SMILES string of the molecule is Cc1ccc(-n2[c](=[Pt])n(-c3c(-c4ccccc4)cccc3-c3cc(C(C)(C)C)cc(C(C)(C)C)c3)c3ccccc32)[c-]c1Oc1[c-]c2c(cc1)c1cc3c4cccc5c6ccccc6n(c3cc1n2-c1cc(C(C)(C)C)ccn1)c54. The first kappa shape index (κ1) is 49.9. The minimum atomic E-state index is -0.0880. The number of ether oxygens (including phenoxy) is 1. The molecule has 0 N–H and O–H groups in total. The van der Waals surface area contributed by atoms with Crippen molar-refractivity contribution in [3.05, 3.63) is 226 Å². The van der Waals surface area contributed by atoms with Gasteiger partial charge >= 0.3 is 352 Å². The van der Waals surface area contributed by atoms with E-state index in [0.29, 0.717) is 11.5 Å². The van der Waals surface area contributed by atoms with Crippen LogP contribution in [-0.2, 0) is 35.6 Å². The molecule has 6 nitrogen and oxygen atoms in total. The molecule has 0 aliphatic carbocycles. The Bertz CT molecular complexity index is 4860. The molecule has 0 saturated heterocycles. The van der Waals surface area contributed by atoms with E-state index in [1.807, 2.05) is 6.20 Å². The van der Waals surface area contributed by atoms with Gasteiger partial charge < -0.3 is 4.40 Å². The van der Waals surface area contributed by atoms with Crippen molar-refractivity contribution in [2.45, 2.75) is 85.5 Å². The summed E-state index contributed by atoms with van der Waals surface area (Å²) in [6, 6.07) is 74.3. The molecular weight excluding hydrogens is 1160 g/mol. The Balaban J connectivity index is 0.945. The topological polar surface area (TPSA) is 41.3 Å². The third-order valence-electron chi connectivity index (χ3n) is 16.4. The van der Waals surface area contributed by atoms with E-state index in [2.05, 4.69) is 301 Å². The Morgan fingerprint density at radius 1 is 0.450 bits per heavy atom. The minimum absolute atomic E-state index is 0.0523. The van der Waals surface area contributed by atoms with Gasteiger partial charge in [-0.1, -0.05) is 57.2 Å². The summed E-state index contributed by atoms with van der Waals surface area (Å²) in [5, 5.41) is 7.21. The summed E-state index contributed by atoms with van der Waals surface area (Å²) < 4.78 is 17.6. The Morgan fingerprint density at radius 3 is 1.77 bits per heavy atom. The first-order chi connectivity index (χ1) is 38.4. The molecule has 0 radical (unpaired) electrons. The third-order valence-corrected chi connectivity index (χ3v) is 17.4. The standard InChI is InChI=1S/C73H61N5O.Pt/c1-45-30-31-51(75-44-76(63-29-17-16-28-62(63)75)69-53(46-20-12-11-13-21-46)23-18-24-54(69)47-36-49(72(5,6)7)38-50(37-47)73(8,9)10)40-67(45)79-52-32-33-56-59-42-60-58-26-19-25-57-55-22-14-15-27-61(55)78(70(57)58)66(60)43-65(59)77(64(56)41-52)68-39-48(34-35-74-68)71(2,3)4;/h11-39,42-43H,1-10H3;/q-2;. The van der Waals surface area contributed by atoms with Crippen LogP contribution in [0.5, 0.6) is 11.5 Å². The second-order valence-corrected chi connectivity index (χ2v) is 25.8. The van der Waals surface area contributed by atoms with Crippen LogP contribution in [0.1, 0.15) is 84.6 Å². The van der Waals surface area contributed by atoms with Crippen molar-refractivity contribution in [1.29, 1.82) is 0 Å². The van der Waals surface area contributed by atoms with Gasteiger partial charge in [0, 0.05) is 27.7 Å². The summed E-state index contributed by atoms with van der Waals surface area (Å²) in [4.78, 5) is 5.09. The van der Waals surface area contributed by atoms with Gasteiger partial charge in [-0.25, -0.2) is 0 Å². The molecule has 0 unspecified atom stereocenters. The van der Waals surface area contributed by atoms with Gasteiger partial charge in [0.2, 0.25) is 0 Å². The number of hydrogen-bond donors (Lipinski definition) is 0. The zero-order chi connectivity index (χ0) is 55.1. The van der Waals surface area contributed by atoms with E-state index < -0.39 is 0 Å².